The van der Waals surface area contributed by atoms with E-state index in [-0.39, 0.29) is 22.0 Å². The second kappa shape index (κ2) is 5.69. The molecule has 106 valence electrons. The van der Waals surface area contributed by atoms with Crippen LogP contribution in [0.5, 0.6) is 0 Å². The molecule has 1 aromatic carbocycles. The Kier molecular flexibility index (Phi) is 4.57. The Bertz CT molecular complexity index is 569. The summed E-state index contributed by atoms with van der Waals surface area (Å²) in [6, 6.07) is 5.09. The molecule has 1 fully saturated rings. The molecule has 0 aromatic heterocycles. The number of rotatable bonds is 2. The van der Waals surface area contributed by atoms with Crippen LogP contribution in [0.3, 0.4) is 0 Å². The molecule has 2 atom stereocenters. The first-order chi connectivity index (χ1) is 8.80. The summed E-state index contributed by atoms with van der Waals surface area (Å²) in [4.78, 5) is 0.165. The number of nitrogens with zero attached hydrogens (tertiary/aromatic N) is 1. The first-order valence-electron chi connectivity index (χ1n) is 6.02. The van der Waals surface area contributed by atoms with Gasteiger partial charge in [-0.2, -0.15) is 4.31 Å². The summed E-state index contributed by atoms with van der Waals surface area (Å²) < 4.78 is 27.5. The minimum atomic E-state index is -3.53. The Balaban J connectivity index is 2.36. The van der Waals surface area contributed by atoms with Gasteiger partial charge in [0, 0.05) is 29.6 Å². The third-order valence-corrected chi connectivity index (χ3v) is 5.84. The fourth-order valence-corrected chi connectivity index (χ4v) is 4.93. The smallest absolute Gasteiger partial charge is 0.244 e. The lowest BCUT2D eigenvalue weighted by molar-refractivity contribution is 0.263. The van der Waals surface area contributed by atoms with Crippen molar-refractivity contribution < 1.29 is 8.42 Å². The average molecular weight is 368 g/mol. The van der Waals surface area contributed by atoms with Gasteiger partial charge < -0.3 is 5.32 Å². The maximum absolute atomic E-state index is 12.6. The van der Waals surface area contributed by atoms with Crippen molar-refractivity contribution in [2.75, 3.05) is 13.1 Å². The van der Waals surface area contributed by atoms with Gasteiger partial charge in [-0.3, -0.25) is 0 Å². The number of hydrogen-bond acceptors (Lipinski definition) is 3. The van der Waals surface area contributed by atoms with Crippen molar-refractivity contribution in [3.8, 4) is 0 Å². The molecule has 7 heteroatoms. The normalized spacial score (nSPS) is 25.5. The Morgan fingerprint density at radius 1 is 1.32 bits per heavy atom. The lowest BCUT2D eigenvalue weighted by Crippen LogP contribution is -2.55. The van der Waals surface area contributed by atoms with Crippen molar-refractivity contribution in [2.45, 2.75) is 30.8 Å². The van der Waals surface area contributed by atoms with Gasteiger partial charge in [-0.05, 0) is 32.0 Å². The molecule has 1 aliphatic rings. The zero-order chi connectivity index (χ0) is 14.2. The highest BCUT2D eigenvalue weighted by molar-refractivity contribution is 9.10. The molecule has 0 radical (unpaired) electrons. The maximum Gasteiger partial charge on any atom is 0.244 e. The summed E-state index contributed by atoms with van der Waals surface area (Å²) in [6.07, 6.45) is 0. The van der Waals surface area contributed by atoms with Gasteiger partial charge in [0.15, 0.2) is 0 Å². The largest absolute Gasteiger partial charge is 0.309 e. The van der Waals surface area contributed by atoms with Gasteiger partial charge in [0.25, 0.3) is 0 Å². The van der Waals surface area contributed by atoms with Crippen LogP contribution >= 0.6 is 27.5 Å². The Morgan fingerprint density at radius 2 is 1.89 bits per heavy atom. The summed E-state index contributed by atoms with van der Waals surface area (Å²) in [5.74, 6) is 0. The minimum absolute atomic E-state index is 0.132. The van der Waals surface area contributed by atoms with E-state index in [1.807, 2.05) is 13.8 Å². The Morgan fingerprint density at radius 3 is 2.42 bits per heavy atom. The molecule has 0 aliphatic carbocycles. The fourth-order valence-electron chi connectivity index (χ4n) is 2.30. The minimum Gasteiger partial charge on any atom is -0.309 e. The number of halogens is 2. The molecular formula is C12H16BrClN2O2S. The lowest BCUT2D eigenvalue weighted by Gasteiger charge is -2.35. The molecule has 1 aromatic rings. The zero-order valence-electron chi connectivity index (χ0n) is 10.7. The highest BCUT2D eigenvalue weighted by Crippen LogP contribution is 2.28. The van der Waals surface area contributed by atoms with Gasteiger partial charge in [0.05, 0.1) is 5.02 Å². The van der Waals surface area contributed by atoms with Crippen LogP contribution in [0.15, 0.2) is 27.6 Å². The van der Waals surface area contributed by atoms with Crippen molar-refractivity contribution in [1.29, 1.82) is 0 Å². The number of piperazine rings is 1. The van der Waals surface area contributed by atoms with E-state index < -0.39 is 10.0 Å². The second-order valence-electron chi connectivity index (χ2n) is 4.87. The van der Waals surface area contributed by atoms with E-state index in [9.17, 15) is 8.42 Å². The van der Waals surface area contributed by atoms with Crippen molar-refractivity contribution in [1.82, 2.24) is 9.62 Å². The number of nitrogens with one attached hydrogen (secondary N) is 1. The Labute approximate surface area is 127 Å². The van der Waals surface area contributed by atoms with E-state index in [1.54, 1.807) is 18.2 Å². The van der Waals surface area contributed by atoms with E-state index >= 15 is 0 Å². The van der Waals surface area contributed by atoms with E-state index in [0.717, 1.165) is 4.47 Å². The molecule has 19 heavy (non-hydrogen) atoms. The van der Waals surface area contributed by atoms with E-state index in [2.05, 4.69) is 21.2 Å². The van der Waals surface area contributed by atoms with Gasteiger partial charge in [-0.15, -0.1) is 0 Å². The average Bonchev–Trinajstić information content (AvgIpc) is 2.26. The van der Waals surface area contributed by atoms with Crippen LogP contribution in [0.1, 0.15) is 13.8 Å². The highest BCUT2D eigenvalue weighted by Gasteiger charge is 2.32. The molecule has 0 saturated carbocycles. The summed E-state index contributed by atoms with van der Waals surface area (Å²) in [6.45, 7) is 4.86. The predicted molar refractivity (Wildman–Crippen MR) is 80.0 cm³/mol. The van der Waals surface area contributed by atoms with E-state index in [1.165, 1.54) is 4.31 Å². The maximum atomic E-state index is 12.6. The highest BCUT2D eigenvalue weighted by atomic mass is 79.9. The van der Waals surface area contributed by atoms with Crippen LogP contribution in [0.2, 0.25) is 5.02 Å². The monoisotopic (exact) mass is 366 g/mol. The van der Waals surface area contributed by atoms with Crippen LogP contribution < -0.4 is 5.32 Å². The zero-order valence-corrected chi connectivity index (χ0v) is 13.9. The van der Waals surface area contributed by atoms with Crippen LogP contribution in [0, 0.1) is 0 Å². The molecule has 0 bridgehead atoms. The number of hydrogen-bond donors (Lipinski definition) is 1. The van der Waals surface area contributed by atoms with Crippen LogP contribution in [0.25, 0.3) is 0 Å². The topological polar surface area (TPSA) is 49.4 Å². The molecule has 2 rings (SSSR count). The molecule has 1 N–H and O–H groups in total. The van der Waals surface area contributed by atoms with Crippen LogP contribution in [-0.2, 0) is 10.0 Å². The number of benzene rings is 1. The summed E-state index contributed by atoms with van der Waals surface area (Å²) >= 11 is 9.33. The van der Waals surface area contributed by atoms with Gasteiger partial charge >= 0.3 is 0 Å². The summed E-state index contributed by atoms with van der Waals surface area (Å²) in [5, 5.41) is 3.55. The third-order valence-electron chi connectivity index (χ3n) is 3.04. The van der Waals surface area contributed by atoms with Gasteiger partial charge in [-0.25, -0.2) is 8.42 Å². The van der Waals surface area contributed by atoms with Gasteiger partial charge in [0.1, 0.15) is 4.90 Å². The third kappa shape index (κ3) is 3.31. The predicted octanol–water partition coefficient (Wildman–Crippen LogP) is 2.47. The lowest BCUT2D eigenvalue weighted by atomic mass is 10.2. The second-order valence-corrected chi connectivity index (χ2v) is 8.09. The first-order valence-corrected chi connectivity index (χ1v) is 8.63. The standard InChI is InChI=1S/C12H16BrClN2O2S/c1-8-6-16(7-9(2)15-8)19(17,18)12-4-3-10(13)5-11(12)14/h3-5,8-9,15H,6-7H2,1-2H3. The van der Waals surface area contributed by atoms with E-state index in [4.69, 9.17) is 11.6 Å². The van der Waals surface area contributed by atoms with Crippen molar-refractivity contribution in [3.05, 3.63) is 27.7 Å². The molecule has 2 unspecified atom stereocenters. The number of sulfonamides is 1. The van der Waals surface area contributed by atoms with Crippen molar-refractivity contribution in [2.24, 2.45) is 0 Å². The fraction of sp³-hybridized carbons (Fsp3) is 0.500. The molecule has 0 amide bonds. The summed E-state index contributed by atoms with van der Waals surface area (Å²) in [5.41, 5.74) is 0. The molecule has 4 nitrogen and oxygen atoms in total. The SMILES string of the molecule is CC1CN(S(=O)(=O)c2ccc(Br)cc2Cl)CC(C)N1. The van der Waals surface area contributed by atoms with Crippen LogP contribution in [-0.4, -0.2) is 37.9 Å². The Hall–Kier alpha value is -0.140. The van der Waals surface area contributed by atoms with Gasteiger partial charge in [-0.1, -0.05) is 27.5 Å². The molecule has 1 saturated heterocycles. The van der Waals surface area contributed by atoms with Crippen molar-refractivity contribution in [3.63, 3.8) is 0 Å². The van der Waals surface area contributed by atoms with Crippen molar-refractivity contribution >= 4 is 37.6 Å². The molecule has 0 spiro atoms. The summed E-state index contributed by atoms with van der Waals surface area (Å²) in [7, 11) is -3.53. The molecule has 1 aliphatic heterocycles. The van der Waals surface area contributed by atoms with Crippen LogP contribution in [0.4, 0.5) is 0 Å². The first kappa shape index (κ1) is 15.3. The van der Waals surface area contributed by atoms with Gasteiger partial charge in [0.2, 0.25) is 10.0 Å². The molecular weight excluding hydrogens is 352 g/mol. The molecule has 1 heterocycles. The quantitative estimate of drug-likeness (QED) is 0.873. The van der Waals surface area contributed by atoms with E-state index in [0.29, 0.717) is 13.1 Å².